The molecule has 2 N–H and O–H groups in total. The molecule has 6 nitrogen and oxygen atoms in total. The highest BCUT2D eigenvalue weighted by Gasteiger charge is 2.27. The molecule has 0 bridgehead atoms. The lowest BCUT2D eigenvalue weighted by atomic mass is 9.82. The highest BCUT2D eigenvalue weighted by Crippen LogP contribution is 2.27. The quantitative estimate of drug-likeness (QED) is 0.277. The van der Waals surface area contributed by atoms with Gasteiger partial charge in [-0.3, -0.25) is 19.2 Å². The minimum absolute atomic E-state index is 0.0364. The van der Waals surface area contributed by atoms with Crippen molar-refractivity contribution in [2.75, 3.05) is 6.54 Å². The minimum atomic E-state index is -0.358. The van der Waals surface area contributed by atoms with E-state index >= 15 is 0 Å². The topological polar surface area (TPSA) is 92.3 Å². The van der Waals surface area contributed by atoms with Crippen molar-refractivity contribution < 1.29 is 19.2 Å². The van der Waals surface area contributed by atoms with Crippen molar-refractivity contribution in [2.45, 2.75) is 137 Å². The molecule has 0 aromatic carbocycles. The lowest BCUT2D eigenvalue weighted by Crippen LogP contribution is -2.39. The van der Waals surface area contributed by atoms with Crippen molar-refractivity contribution >= 4 is 23.4 Å². The monoisotopic (exact) mass is 492 g/mol. The van der Waals surface area contributed by atoms with Crippen LogP contribution in [0.1, 0.15) is 131 Å². The van der Waals surface area contributed by atoms with E-state index in [1.54, 1.807) is 0 Å². The van der Waals surface area contributed by atoms with Crippen molar-refractivity contribution in [3.05, 3.63) is 0 Å². The van der Waals surface area contributed by atoms with Gasteiger partial charge in [-0.1, -0.05) is 73.1 Å². The van der Waals surface area contributed by atoms with Crippen molar-refractivity contribution in [1.29, 1.82) is 0 Å². The maximum absolute atomic E-state index is 12.2. The summed E-state index contributed by atoms with van der Waals surface area (Å²) in [5.41, 5.74) is 0.256. The molecule has 0 spiro atoms. The SMILES string of the molecule is CC(CC(=O)C1CCCCC(=O)N1)CC(C)(C)C.CCCCCCCC(=O)C1CCCCNC1=O. The summed E-state index contributed by atoms with van der Waals surface area (Å²) in [6.45, 7) is 11.6. The zero-order valence-corrected chi connectivity index (χ0v) is 23.2. The molecule has 0 radical (unpaired) electrons. The molecule has 0 aliphatic carbocycles. The first kappa shape index (κ1) is 31.3. The molecule has 3 unspecified atom stereocenters. The summed E-state index contributed by atoms with van der Waals surface area (Å²) in [5, 5.41) is 5.68. The van der Waals surface area contributed by atoms with Gasteiger partial charge in [0.25, 0.3) is 0 Å². The number of ketones is 2. The van der Waals surface area contributed by atoms with Crippen molar-refractivity contribution in [1.82, 2.24) is 10.6 Å². The summed E-state index contributed by atoms with van der Waals surface area (Å²) >= 11 is 0. The predicted molar refractivity (Wildman–Crippen MR) is 142 cm³/mol. The molecule has 2 fully saturated rings. The predicted octanol–water partition coefficient (Wildman–Crippen LogP) is 5.91. The van der Waals surface area contributed by atoms with Crippen molar-refractivity contribution in [3.63, 3.8) is 0 Å². The van der Waals surface area contributed by atoms with E-state index in [1.807, 2.05) is 0 Å². The Balaban J connectivity index is 0.000000351. The van der Waals surface area contributed by atoms with E-state index in [-0.39, 0.29) is 40.8 Å². The molecule has 3 atom stereocenters. The Labute approximate surface area is 214 Å². The standard InChI is InChI=1S/C15H27NO2.C14H25NO2/c1-11(10-15(2,3)4)9-13(17)12-7-5-6-8-14(18)16-12;1-2-3-4-5-6-10-13(16)12-9-7-8-11-15-14(12)17/h11-12H,5-10H2,1-4H3,(H,16,18);12H,2-11H2,1H3,(H,15,17). The number of carbonyl (C=O) groups excluding carboxylic acids is 4. The fourth-order valence-corrected chi connectivity index (χ4v) is 5.14. The second-order valence-corrected chi connectivity index (χ2v) is 11.9. The van der Waals surface area contributed by atoms with Crippen LogP contribution in [0.4, 0.5) is 0 Å². The van der Waals surface area contributed by atoms with Gasteiger partial charge >= 0.3 is 0 Å². The van der Waals surface area contributed by atoms with Crippen LogP contribution in [-0.4, -0.2) is 36.0 Å². The molecule has 202 valence electrons. The lowest BCUT2D eigenvalue weighted by Gasteiger charge is -2.24. The Morgan fingerprint density at radius 1 is 0.943 bits per heavy atom. The van der Waals surface area contributed by atoms with Crippen molar-refractivity contribution in [2.24, 2.45) is 17.3 Å². The van der Waals surface area contributed by atoms with Crippen LogP contribution in [0, 0.1) is 17.3 Å². The maximum Gasteiger partial charge on any atom is 0.230 e. The van der Waals surface area contributed by atoms with Gasteiger partial charge in [-0.05, 0) is 49.9 Å². The summed E-state index contributed by atoms with van der Waals surface area (Å²) in [5.74, 6) is 0.389. The van der Waals surface area contributed by atoms with E-state index in [0.29, 0.717) is 25.2 Å². The van der Waals surface area contributed by atoms with Crippen LogP contribution >= 0.6 is 0 Å². The van der Waals surface area contributed by atoms with Gasteiger partial charge in [0, 0.05) is 25.8 Å². The molecule has 2 heterocycles. The number of amides is 2. The normalized spacial score (nSPS) is 22.0. The van der Waals surface area contributed by atoms with Crippen LogP contribution < -0.4 is 10.6 Å². The molecule has 2 amide bonds. The highest BCUT2D eigenvalue weighted by molar-refractivity contribution is 6.01. The molecule has 2 aliphatic rings. The smallest absolute Gasteiger partial charge is 0.230 e. The summed E-state index contributed by atoms with van der Waals surface area (Å²) in [4.78, 5) is 47.2. The van der Waals surface area contributed by atoms with Gasteiger partial charge in [0.05, 0.1) is 12.0 Å². The Kier molecular flexibility index (Phi) is 15.1. The third-order valence-corrected chi connectivity index (χ3v) is 6.83. The molecule has 6 heteroatoms. The van der Waals surface area contributed by atoms with E-state index in [1.165, 1.54) is 19.3 Å². The first-order valence-electron chi connectivity index (χ1n) is 14.2. The Morgan fingerprint density at radius 2 is 1.63 bits per heavy atom. The van der Waals surface area contributed by atoms with Gasteiger partial charge in [0.15, 0.2) is 5.78 Å². The first-order valence-corrected chi connectivity index (χ1v) is 14.2. The van der Waals surface area contributed by atoms with Gasteiger partial charge in [-0.15, -0.1) is 0 Å². The zero-order chi connectivity index (χ0) is 26.3. The van der Waals surface area contributed by atoms with Crippen LogP contribution in [0.2, 0.25) is 0 Å². The molecule has 0 aromatic heterocycles. The van der Waals surface area contributed by atoms with E-state index < -0.39 is 0 Å². The summed E-state index contributed by atoms with van der Waals surface area (Å²) < 4.78 is 0. The molecule has 0 saturated carbocycles. The van der Waals surface area contributed by atoms with Crippen LogP contribution in [0.3, 0.4) is 0 Å². The number of carbonyl (C=O) groups is 4. The Hall–Kier alpha value is -1.72. The third-order valence-electron chi connectivity index (χ3n) is 6.83. The van der Waals surface area contributed by atoms with E-state index in [4.69, 9.17) is 0 Å². The second kappa shape index (κ2) is 16.9. The van der Waals surface area contributed by atoms with Crippen LogP contribution in [-0.2, 0) is 19.2 Å². The largest absolute Gasteiger partial charge is 0.355 e. The van der Waals surface area contributed by atoms with Crippen LogP contribution in [0.5, 0.6) is 0 Å². The number of hydrogen-bond acceptors (Lipinski definition) is 4. The first-order chi connectivity index (χ1) is 16.5. The average molecular weight is 493 g/mol. The van der Waals surface area contributed by atoms with E-state index in [2.05, 4.69) is 45.3 Å². The number of hydrogen-bond donors (Lipinski definition) is 2. The second-order valence-electron chi connectivity index (χ2n) is 11.9. The minimum Gasteiger partial charge on any atom is -0.355 e. The number of nitrogens with one attached hydrogen (secondary N) is 2. The fourth-order valence-electron chi connectivity index (χ4n) is 5.14. The van der Waals surface area contributed by atoms with Crippen LogP contribution in [0.15, 0.2) is 0 Å². The van der Waals surface area contributed by atoms with Crippen LogP contribution in [0.25, 0.3) is 0 Å². The molecule has 2 rings (SSSR count). The van der Waals surface area contributed by atoms with Gasteiger partial charge < -0.3 is 10.6 Å². The average Bonchev–Trinajstić information content (AvgIpc) is 3.12. The number of Topliss-reactive ketones (excluding diaryl/α,β-unsaturated/α-hetero) is 2. The summed E-state index contributed by atoms with van der Waals surface area (Å²) in [7, 11) is 0. The van der Waals surface area contributed by atoms with Gasteiger partial charge in [0.2, 0.25) is 11.8 Å². The lowest BCUT2D eigenvalue weighted by molar-refractivity contribution is -0.134. The zero-order valence-electron chi connectivity index (χ0n) is 23.2. The Morgan fingerprint density at radius 3 is 2.31 bits per heavy atom. The maximum atomic E-state index is 12.2. The van der Waals surface area contributed by atoms with E-state index in [9.17, 15) is 19.2 Å². The fraction of sp³-hybridized carbons (Fsp3) is 0.862. The number of unbranched alkanes of at least 4 members (excludes halogenated alkanes) is 4. The molecular weight excluding hydrogens is 440 g/mol. The number of rotatable bonds is 11. The summed E-state index contributed by atoms with van der Waals surface area (Å²) in [6.07, 6.45) is 14.0. The summed E-state index contributed by atoms with van der Waals surface area (Å²) in [6, 6.07) is -0.234. The van der Waals surface area contributed by atoms with Gasteiger partial charge in [-0.25, -0.2) is 0 Å². The molecular formula is C29H52N2O4. The van der Waals surface area contributed by atoms with Crippen molar-refractivity contribution in [3.8, 4) is 0 Å². The molecule has 2 saturated heterocycles. The third kappa shape index (κ3) is 14.4. The molecule has 2 aliphatic heterocycles. The van der Waals surface area contributed by atoms with Gasteiger partial charge in [0.1, 0.15) is 5.78 Å². The van der Waals surface area contributed by atoms with Gasteiger partial charge in [-0.2, -0.15) is 0 Å². The highest BCUT2D eigenvalue weighted by atomic mass is 16.2. The van der Waals surface area contributed by atoms with E-state index in [0.717, 1.165) is 64.3 Å². The Bertz CT molecular complexity index is 668. The molecule has 0 aromatic rings. The molecule has 35 heavy (non-hydrogen) atoms.